The van der Waals surface area contributed by atoms with Gasteiger partial charge in [-0.25, -0.2) is 4.39 Å². The fraction of sp³-hybridized carbons (Fsp3) is 0.214. The minimum absolute atomic E-state index is 0.00985. The highest BCUT2D eigenvalue weighted by molar-refractivity contribution is 5.21. The molecule has 0 fully saturated rings. The molecular weight excluding hydrogens is 215 g/mol. The van der Waals surface area contributed by atoms with Gasteiger partial charge in [0.1, 0.15) is 5.82 Å². The Balaban J connectivity index is 1.99. The van der Waals surface area contributed by atoms with Gasteiger partial charge in [0.2, 0.25) is 0 Å². The summed E-state index contributed by atoms with van der Waals surface area (Å²) in [6, 6.07) is 10.7. The van der Waals surface area contributed by atoms with Gasteiger partial charge in [-0.15, -0.1) is 0 Å². The van der Waals surface area contributed by atoms with Gasteiger partial charge in [0, 0.05) is 30.5 Å². The molecule has 2 rings (SSSR count). The summed E-state index contributed by atoms with van der Waals surface area (Å²) >= 11 is 0. The van der Waals surface area contributed by atoms with Crippen molar-refractivity contribution < 1.29 is 4.39 Å². The maximum absolute atomic E-state index is 13.5. The van der Waals surface area contributed by atoms with Crippen molar-refractivity contribution in [3.63, 3.8) is 0 Å². The van der Waals surface area contributed by atoms with E-state index in [9.17, 15) is 4.39 Å². The molecule has 1 aromatic carbocycles. The van der Waals surface area contributed by atoms with Crippen LogP contribution in [0.25, 0.3) is 0 Å². The van der Waals surface area contributed by atoms with Gasteiger partial charge in [-0.2, -0.15) is 0 Å². The summed E-state index contributed by atoms with van der Waals surface area (Å²) in [6.07, 6.45) is 3.51. The van der Waals surface area contributed by atoms with E-state index in [0.717, 1.165) is 5.56 Å². The molecule has 0 aliphatic rings. The van der Waals surface area contributed by atoms with Crippen LogP contribution in [-0.4, -0.2) is 4.98 Å². The smallest absolute Gasteiger partial charge is 0.127 e. The van der Waals surface area contributed by atoms with E-state index < -0.39 is 0 Å². The number of nitrogens with one attached hydrogen (secondary N) is 1. The van der Waals surface area contributed by atoms with Gasteiger partial charge >= 0.3 is 0 Å². The lowest BCUT2D eigenvalue weighted by Crippen LogP contribution is -2.19. The number of hydrogen-bond donors (Lipinski definition) is 1. The van der Waals surface area contributed by atoms with Crippen LogP contribution in [0.1, 0.15) is 24.1 Å². The Morgan fingerprint density at radius 1 is 1.18 bits per heavy atom. The summed E-state index contributed by atoms with van der Waals surface area (Å²) in [5.41, 5.74) is 1.84. The van der Waals surface area contributed by atoms with Crippen LogP contribution in [0.5, 0.6) is 0 Å². The van der Waals surface area contributed by atoms with E-state index in [1.54, 1.807) is 24.5 Å². The molecule has 0 bridgehead atoms. The van der Waals surface area contributed by atoms with Crippen LogP contribution in [0.4, 0.5) is 4.39 Å². The third kappa shape index (κ3) is 3.11. The standard InChI is InChI=1S/C14H15FN2/c1-11(13-4-2-3-5-14(13)15)17-10-12-6-8-16-9-7-12/h2-9,11,17H,10H2,1H3/t11-/m1/s1. The maximum Gasteiger partial charge on any atom is 0.127 e. The van der Waals surface area contributed by atoms with Gasteiger partial charge in [-0.3, -0.25) is 4.98 Å². The second kappa shape index (κ2) is 5.55. The largest absolute Gasteiger partial charge is 0.306 e. The highest BCUT2D eigenvalue weighted by Gasteiger charge is 2.08. The summed E-state index contributed by atoms with van der Waals surface area (Å²) in [4.78, 5) is 3.96. The van der Waals surface area contributed by atoms with E-state index in [2.05, 4.69) is 10.3 Å². The fourth-order valence-corrected chi connectivity index (χ4v) is 1.71. The SMILES string of the molecule is C[C@@H](NCc1ccncc1)c1ccccc1F. The number of pyridine rings is 1. The zero-order valence-corrected chi connectivity index (χ0v) is 9.73. The molecule has 17 heavy (non-hydrogen) atoms. The molecule has 0 unspecified atom stereocenters. The first-order valence-corrected chi connectivity index (χ1v) is 5.64. The summed E-state index contributed by atoms with van der Waals surface area (Å²) < 4.78 is 13.5. The Morgan fingerprint density at radius 3 is 2.59 bits per heavy atom. The number of halogens is 1. The molecule has 2 nitrogen and oxygen atoms in total. The van der Waals surface area contributed by atoms with Crippen molar-refractivity contribution in [2.45, 2.75) is 19.5 Å². The molecule has 1 N–H and O–H groups in total. The number of aromatic nitrogens is 1. The van der Waals surface area contributed by atoms with Crippen LogP contribution in [0.3, 0.4) is 0 Å². The molecule has 0 radical (unpaired) electrons. The van der Waals surface area contributed by atoms with Crippen LogP contribution in [0.15, 0.2) is 48.8 Å². The number of nitrogens with zero attached hydrogens (tertiary/aromatic N) is 1. The zero-order valence-electron chi connectivity index (χ0n) is 9.73. The van der Waals surface area contributed by atoms with Crippen LogP contribution in [-0.2, 0) is 6.54 Å². The van der Waals surface area contributed by atoms with Crippen molar-refractivity contribution >= 4 is 0 Å². The van der Waals surface area contributed by atoms with Crippen molar-refractivity contribution in [3.8, 4) is 0 Å². The first kappa shape index (κ1) is 11.7. The Labute approximate surface area is 101 Å². The molecule has 0 aliphatic carbocycles. The first-order valence-electron chi connectivity index (χ1n) is 5.64. The Kier molecular flexibility index (Phi) is 3.83. The number of rotatable bonds is 4. The summed E-state index contributed by atoms with van der Waals surface area (Å²) in [5.74, 6) is -0.165. The van der Waals surface area contributed by atoms with Gasteiger partial charge in [0.15, 0.2) is 0 Å². The van der Waals surface area contributed by atoms with Gasteiger partial charge in [0.05, 0.1) is 0 Å². The van der Waals surface area contributed by atoms with E-state index in [0.29, 0.717) is 12.1 Å². The first-order chi connectivity index (χ1) is 8.27. The molecule has 0 spiro atoms. The fourth-order valence-electron chi connectivity index (χ4n) is 1.71. The topological polar surface area (TPSA) is 24.9 Å². The van der Waals surface area contributed by atoms with Crippen LogP contribution >= 0.6 is 0 Å². The zero-order chi connectivity index (χ0) is 12.1. The highest BCUT2D eigenvalue weighted by Crippen LogP contribution is 2.16. The molecule has 0 saturated heterocycles. The van der Waals surface area contributed by atoms with Crippen LogP contribution < -0.4 is 5.32 Å². The Hall–Kier alpha value is -1.74. The predicted molar refractivity (Wildman–Crippen MR) is 65.9 cm³/mol. The Morgan fingerprint density at radius 2 is 1.88 bits per heavy atom. The summed E-state index contributed by atoms with van der Waals surface area (Å²) in [6.45, 7) is 2.66. The van der Waals surface area contributed by atoms with E-state index in [1.807, 2.05) is 25.1 Å². The molecular formula is C14H15FN2. The third-order valence-electron chi connectivity index (χ3n) is 2.73. The summed E-state index contributed by atoms with van der Waals surface area (Å²) in [5, 5.41) is 3.29. The van der Waals surface area contributed by atoms with Crippen LogP contribution in [0.2, 0.25) is 0 Å². The average molecular weight is 230 g/mol. The Bertz CT molecular complexity index is 471. The van der Waals surface area contributed by atoms with E-state index >= 15 is 0 Å². The monoisotopic (exact) mass is 230 g/mol. The average Bonchev–Trinajstić information content (AvgIpc) is 2.38. The van der Waals surface area contributed by atoms with Crippen molar-refractivity contribution in [1.82, 2.24) is 10.3 Å². The van der Waals surface area contributed by atoms with Gasteiger partial charge in [-0.1, -0.05) is 18.2 Å². The lowest BCUT2D eigenvalue weighted by molar-refractivity contribution is 0.528. The third-order valence-corrected chi connectivity index (χ3v) is 2.73. The number of hydrogen-bond acceptors (Lipinski definition) is 2. The lowest BCUT2D eigenvalue weighted by atomic mass is 10.1. The molecule has 0 amide bonds. The summed E-state index contributed by atoms with van der Waals surface area (Å²) in [7, 11) is 0. The lowest BCUT2D eigenvalue weighted by Gasteiger charge is -2.14. The number of benzene rings is 1. The quantitative estimate of drug-likeness (QED) is 0.873. The minimum atomic E-state index is -0.165. The normalized spacial score (nSPS) is 12.4. The second-order valence-electron chi connectivity index (χ2n) is 3.98. The van der Waals surface area contributed by atoms with Crippen LogP contribution in [0, 0.1) is 5.82 Å². The minimum Gasteiger partial charge on any atom is -0.306 e. The van der Waals surface area contributed by atoms with Gasteiger partial charge in [0.25, 0.3) is 0 Å². The molecule has 0 saturated carbocycles. The van der Waals surface area contributed by atoms with E-state index in [4.69, 9.17) is 0 Å². The van der Waals surface area contributed by atoms with Crippen molar-refractivity contribution in [2.24, 2.45) is 0 Å². The molecule has 0 aliphatic heterocycles. The van der Waals surface area contributed by atoms with Crippen molar-refractivity contribution in [2.75, 3.05) is 0 Å². The van der Waals surface area contributed by atoms with Gasteiger partial charge in [-0.05, 0) is 30.7 Å². The highest BCUT2D eigenvalue weighted by atomic mass is 19.1. The predicted octanol–water partition coefficient (Wildman–Crippen LogP) is 3.07. The van der Waals surface area contributed by atoms with Gasteiger partial charge < -0.3 is 5.32 Å². The van der Waals surface area contributed by atoms with Crippen molar-refractivity contribution in [3.05, 3.63) is 65.7 Å². The molecule has 2 aromatic rings. The molecule has 88 valence electrons. The second-order valence-corrected chi connectivity index (χ2v) is 3.98. The van der Waals surface area contributed by atoms with E-state index in [-0.39, 0.29) is 11.9 Å². The molecule has 1 heterocycles. The van der Waals surface area contributed by atoms with E-state index in [1.165, 1.54) is 6.07 Å². The molecule has 1 atom stereocenters. The maximum atomic E-state index is 13.5. The molecule has 3 heteroatoms. The molecule has 1 aromatic heterocycles. The van der Waals surface area contributed by atoms with Crippen molar-refractivity contribution in [1.29, 1.82) is 0 Å².